The van der Waals surface area contributed by atoms with Gasteiger partial charge in [0.2, 0.25) is 0 Å². The highest BCUT2D eigenvalue weighted by atomic mass is 16.5. The van der Waals surface area contributed by atoms with Crippen LogP contribution in [0.4, 0.5) is 0 Å². The van der Waals surface area contributed by atoms with Gasteiger partial charge in [-0.15, -0.1) is 0 Å². The molecule has 4 heteroatoms. The van der Waals surface area contributed by atoms with Crippen molar-refractivity contribution >= 4 is 5.91 Å². The molecule has 0 atom stereocenters. The molecule has 0 spiro atoms. The van der Waals surface area contributed by atoms with Gasteiger partial charge < -0.3 is 9.64 Å². The van der Waals surface area contributed by atoms with E-state index in [1.54, 1.807) is 0 Å². The average molecular weight is 302 g/mol. The van der Waals surface area contributed by atoms with Crippen molar-refractivity contribution in [2.45, 2.75) is 32.1 Å². The number of hydrogen-bond acceptors (Lipinski definition) is 3. The predicted molar refractivity (Wildman–Crippen MR) is 87.4 cm³/mol. The Morgan fingerprint density at radius 2 is 1.55 bits per heavy atom. The van der Waals surface area contributed by atoms with Gasteiger partial charge in [0, 0.05) is 25.2 Å². The highest BCUT2D eigenvalue weighted by Gasteiger charge is 2.19. The van der Waals surface area contributed by atoms with Crippen LogP contribution in [0.1, 0.15) is 42.5 Å². The van der Waals surface area contributed by atoms with Gasteiger partial charge >= 0.3 is 0 Å². The molecule has 2 saturated heterocycles. The van der Waals surface area contributed by atoms with Crippen LogP contribution in [0.5, 0.6) is 5.75 Å². The number of piperidine rings is 1. The maximum absolute atomic E-state index is 12.3. The number of nitrogens with zero attached hydrogens (tertiary/aromatic N) is 2. The molecule has 0 saturated carbocycles. The summed E-state index contributed by atoms with van der Waals surface area (Å²) in [7, 11) is 0. The Hall–Kier alpha value is -1.55. The molecule has 3 rings (SSSR count). The Kier molecular flexibility index (Phi) is 5.33. The van der Waals surface area contributed by atoms with Crippen LogP contribution in [-0.2, 0) is 0 Å². The van der Waals surface area contributed by atoms with Crippen LogP contribution in [0.25, 0.3) is 0 Å². The minimum atomic E-state index is 0.150. The number of carbonyl (C=O) groups excluding carboxylic acids is 1. The van der Waals surface area contributed by atoms with Crippen LogP contribution in [-0.4, -0.2) is 55.0 Å². The van der Waals surface area contributed by atoms with Crippen LogP contribution in [0.15, 0.2) is 24.3 Å². The van der Waals surface area contributed by atoms with E-state index in [2.05, 4.69) is 4.90 Å². The molecule has 2 aliphatic rings. The summed E-state index contributed by atoms with van der Waals surface area (Å²) < 4.78 is 5.80. The molecule has 0 unspecified atom stereocenters. The van der Waals surface area contributed by atoms with Gasteiger partial charge in [0.15, 0.2) is 0 Å². The van der Waals surface area contributed by atoms with Crippen LogP contribution in [0.3, 0.4) is 0 Å². The topological polar surface area (TPSA) is 32.8 Å². The highest BCUT2D eigenvalue weighted by Crippen LogP contribution is 2.17. The Bertz CT molecular complexity index is 474. The largest absolute Gasteiger partial charge is 0.492 e. The van der Waals surface area contributed by atoms with Crippen LogP contribution >= 0.6 is 0 Å². The van der Waals surface area contributed by atoms with Crippen LogP contribution < -0.4 is 4.74 Å². The molecule has 0 aliphatic carbocycles. The number of likely N-dealkylation sites (tertiary alicyclic amines) is 2. The molecular weight excluding hydrogens is 276 g/mol. The fraction of sp³-hybridized carbons (Fsp3) is 0.611. The third kappa shape index (κ3) is 4.01. The van der Waals surface area contributed by atoms with E-state index in [9.17, 15) is 4.79 Å². The van der Waals surface area contributed by atoms with E-state index in [4.69, 9.17) is 4.74 Å². The van der Waals surface area contributed by atoms with E-state index in [0.717, 1.165) is 50.4 Å². The number of rotatable bonds is 5. The quantitative estimate of drug-likeness (QED) is 0.838. The standard InChI is InChI=1S/C18H26N2O2/c21-18(20-12-4-5-13-20)16-6-8-17(9-7-16)22-15-14-19-10-2-1-3-11-19/h6-9H,1-5,10-15H2. The monoisotopic (exact) mass is 302 g/mol. The summed E-state index contributed by atoms with van der Waals surface area (Å²) in [6.45, 7) is 5.91. The van der Waals surface area contributed by atoms with Crippen molar-refractivity contribution in [3.05, 3.63) is 29.8 Å². The molecule has 1 aromatic carbocycles. The normalized spacial score (nSPS) is 19.4. The van der Waals surface area contributed by atoms with Crippen molar-refractivity contribution in [1.29, 1.82) is 0 Å². The molecule has 0 N–H and O–H groups in total. The zero-order valence-electron chi connectivity index (χ0n) is 13.3. The Labute approximate surface area is 133 Å². The minimum absolute atomic E-state index is 0.150. The molecule has 120 valence electrons. The van der Waals surface area contributed by atoms with Crippen molar-refractivity contribution in [1.82, 2.24) is 9.80 Å². The van der Waals surface area contributed by atoms with E-state index >= 15 is 0 Å². The molecule has 0 bridgehead atoms. The van der Waals surface area contributed by atoms with Gasteiger partial charge in [0.1, 0.15) is 12.4 Å². The Balaban J connectivity index is 1.45. The average Bonchev–Trinajstić information content (AvgIpc) is 3.10. The SMILES string of the molecule is O=C(c1ccc(OCCN2CCCCC2)cc1)N1CCCC1. The van der Waals surface area contributed by atoms with Crippen molar-refractivity contribution in [3.63, 3.8) is 0 Å². The fourth-order valence-electron chi connectivity index (χ4n) is 3.27. The third-order valence-corrected chi connectivity index (χ3v) is 4.62. The van der Waals surface area contributed by atoms with Gasteiger partial charge in [-0.25, -0.2) is 0 Å². The maximum Gasteiger partial charge on any atom is 0.253 e. The molecule has 2 heterocycles. The van der Waals surface area contributed by atoms with Gasteiger partial charge in [-0.05, 0) is 63.0 Å². The lowest BCUT2D eigenvalue weighted by Crippen LogP contribution is -2.33. The van der Waals surface area contributed by atoms with E-state index < -0.39 is 0 Å². The lowest BCUT2D eigenvalue weighted by atomic mass is 10.1. The summed E-state index contributed by atoms with van der Waals surface area (Å²) in [5, 5.41) is 0. The highest BCUT2D eigenvalue weighted by molar-refractivity contribution is 5.94. The molecular formula is C18H26N2O2. The molecule has 2 aliphatic heterocycles. The van der Waals surface area contributed by atoms with Crippen LogP contribution in [0, 0.1) is 0 Å². The third-order valence-electron chi connectivity index (χ3n) is 4.62. The number of carbonyl (C=O) groups is 1. The Morgan fingerprint density at radius 3 is 2.23 bits per heavy atom. The summed E-state index contributed by atoms with van der Waals surface area (Å²) in [6, 6.07) is 7.60. The second kappa shape index (κ2) is 7.63. The zero-order valence-corrected chi connectivity index (χ0v) is 13.3. The van der Waals surface area contributed by atoms with Crippen molar-refractivity contribution in [3.8, 4) is 5.75 Å². The summed E-state index contributed by atoms with van der Waals surface area (Å²) >= 11 is 0. The van der Waals surface area contributed by atoms with Crippen molar-refractivity contribution in [2.24, 2.45) is 0 Å². The van der Waals surface area contributed by atoms with E-state index in [1.807, 2.05) is 29.2 Å². The first kappa shape index (κ1) is 15.3. The molecule has 0 aromatic heterocycles. The summed E-state index contributed by atoms with van der Waals surface area (Å²) in [6.07, 6.45) is 6.25. The summed E-state index contributed by atoms with van der Waals surface area (Å²) in [5.74, 6) is 1.01. The van der Waals surface area contributed by atoms with Gasteiger partial charge in [-0.2, -0.15) is 0 Å². The summed E-state index contributed by atoms with van der Waals surface area (Å²) in [5.41, 5.74) is 0.769. The number of benzene rings is 1. The van der Waals surface area contributed by atoms with E-state index in [1.165, 1.54) is 32.4 Å². The lowest BCUT2D eigenvalue weighted by molar-refractivity contribution is 0.0793. The lowest BCUT2D eigenvalue weighted by Gasteiger charge is -2.26. The maximum atomic E-state index is 12.3. The minimum Gasteiger partial charge on any atom is -0.492 e. The number of hydrogen-bond donors (Lipinski definition) is 0. The molecule has 1 amide bonds. The second-order valence-corrected chi connectivity index (χ2v) is 6.27. The number of ether oxygens (including phenoxy) is 1. The predicted octanol–water partition coefficient (Wildman–Crippen LogP) is 2.79. The first-order valence-corrected chi connectivity index (χ1v) is 8.57. The summed E-state index contributed by atoms with van der Waals surface area (Å²) in [4.78, 5) is 16.7. The molecule has 4 nitrogen and oxygen atoms in total. The molecule has 0 radical (unpaired) electrons. The first-order chi connectivity index (χ1) is 10.8. The molecule has 22 heavy (non-hydrogen) atoms. The molecule has 1 aromatic rings. The van der Waals surface area contributed by atoms with Gasteiger partial charge in [-0.3, -0.25) is 9.69 Å². The van der Waals surface area contributed by atoms with Gasteiger partial charge in [0.25, 0.3) is 5.91 Å². The van der Waals surface area contributed by atoms with Gasteiger partial charge in [-0.1, -0.05) is 6.42 Å². The second-order valence-electron chi connectivity index (χ2n) is 6.27. The number of amides is 1. The van der Waals surface area contributed by atoms with Crippen molar-refractivity contribution < 1.29 is 9.53 Å². The van der Waals surface area contributed by atoms with E-state index in [-0.39, 0.29) is 5.91 Å². The molecule has 2 fully saturated rings. The van der Waals surface area contributed by atoms with Gasteiger partial charge in [0.05, 0.1) is 0 Å². The van der Waals surface area contributed by atoms with E-state index in [0.29, 0.717) is 0 Å². The fourth-order valence-corrected chi connectivity index (χ4v) is 3.27. The smallest absolute Gasteiger partial charge is 0.253 e. The first-order valence-electron chi connectivity index (χ1n) is 8.57. The van der Waals surface area contributed by atoms with Crippen molar-refractivity contribution in [2.75, 3.05) is 39.3 Å². The Morgan fingerprint density at radius 1 is 0.909 bits per heavy atom. The van der Waals surface area contributed by atoms with Crippen LogP contribution in [0.2, 0.25) is 0 Å². The zero-order chi connectivity index (χ0) is 15.2.